The van der Waals surface area contributed by atoms with Crippen LogP contribution in [-0.2, 0) is 11.2 Å². The first-order valence-corrected chi connectivity index (χ1v) is 6.23. The first-order chi connectivity index (χ1) is 8.92. The number of carbonyl (C=O) groups excluding carboxylic acids is 2. The molecule has 2 N–H and O–H groups in total. The van der Waals surface area contributed by atoms with Crippen molar-refractivity contribution in [3.63, 3.8) is 0 Å². The lowest BCUT2D eigenvalue weighted by Gasteiger charge is -2.26. The van der Waals surface area contributed by atoms with Crippen LogP contribution in [0.2, 0.25) is 0 Å². The standard InChI is InChI=1S/C14H20N2O3/c1-14(2,16-13(18)19)12(17)15-10-6-9-11-7-4-3-5-8-11/h3-5,7-8,16H,6,9-10H2,1-2H3,(H,15,17)(H,18,19)/p-1. The fraction of sp³-hybridized carbons (Fsp3) is 0.429. The monoisotopic (exact) mass is 263 g/mol. The summed E-state index contributed by atoms with van der Waals surface area (Å²) < 4.78 is 0. The number of hydrogen-bond donors (Lipinski definition) is 2. The van der Waals surface area contributed by atoms with Crippen molar-refractivity contribution >= 4 is 12.0 Å². The molecule has 0 radical (unpaired) electrons. The number of benzene rings is 1. The van der Waals surface area contributed by atoms with Crippen LogP contribution >= 0.6 is 0 Å². The van der Waals surface area contributed by atoms with Gasteiger partial charge in [0.15, 0.2) is 0 Å². The Balaban J connectivity index is 2.29. The predicted molar refractivity (Wildman–Crippen MR) is 70.4 cm³/mol. The Morgan fingerprint density at radius 2 is 1.84 bits per heavy atom. The molecule has 0 spiro atoms. The van der Waals surface area contributed by atoms with E-state index in [1.807, 2.05) is 30.3 Å². The number of nitrogens with one attached hydrogen (secondary N) is 2. The fourth-order valence-corrected chi connectivity index (χ4v) is 1.67. The molecular weight excluding hydrogens is 244 g/mol. The van der Waals surface area contributed by atoms with Crippen molar-refractivity contribution in [3.05, 3.63) is 35.9 Å². The first kappa shape index (κ1) is 15.0. The third-order valence-corrected chi connectivity index (χ3v) is 2.75. The molecule has 0 aliphatic carbocycles. The van der Waals surface area contributed by atoms with E-state index < -0.39 is 11.6 Å². The highest BCUT2D eigenvalue weighted by molar-refractivity contribution is 5.88. The third kappa shape index (κ3) is 5.42. The van der Waals surface area contributed by atoms with E-state index in [9.17, 15) is 14.7 Å². The zero-order valence-electron chi connectivity index (χ0n) is 11.2. The van der Waals surface area contributed by atoms with E-state index in [1.54, 1.807) is 0 Å². The van der Waals surface area contributed by atoms with Crippen molar-refractivity contribution in [2.75, 3.05) is 6.54 Å². The van der Waals surface area contributed by atoms with Crippen molar-refractivity contribution < 1.29 is 14.7 Å². The predicted octanol–water partition coefficient (Wildman–Crippen LogP) is 0.447. The van der Waals surface area contributed by atoms with Crippen LogP contribution in [0.1, 0.15) is 25.8 Å². The molecule has 0 aliphatic rings. The molecular formula is C14H19N2O3-. The van der Waals surface area contributed by atoms with Gasteiger partial charge in [-0.15, -0.1) is 0 Å². The number of carbonyl (C=O) groups is 2. The van der Waals surface area contributed by atoms with E-state index in [1.165, 1.54) is 19.4 Å². The minimum atomic E-state index is -1.45. The van der Waals surface area contributed by atoms with Crippen LogP contribution < -0.4 is 15.7 Å². The van der Waals surface area contributed by atoms with Crippen molar-refractivity contribution in [1.82, 2.24) is 10.6 Å². The Hall–Kier alpha value is -2.04. The second-order valence-corrected chi connectivity index (χ2v) is 4.88. The van der Waals surface area contributed by atoms with Crippen LogP contribution in [0.4, 0.5) is 4.79 Å². The van der Waals surface area contributed by atoms with Gasteiger partial charge in [0.25, 0.3) is 0 Å². The molecule has 1 rings (SSSR count). The topological polar surface area (TPSA) is 81.3 Å². The molecule has 5 heteroatoms. The quantitative estimate of drug-likeness (QED) is 0.731. The minimum absolute atomic E-state index is 0.357. The normalized spacial score (nSPS) is 10.8. The molecule has 1 aromatic carbocycles. The van der Waals surface area contributed by atoms with Crippen molar-refractivity contribution in [2.45, 2.75) is 32.2 Å². The molecule has 0 unspecified atom stereocenters. The van der Waals surface area contributed by atoms with Gasteiger partial charge >= 0.3 is 0 Å². The zero-order valence-corrected chi connectivity index (χ0v) is 11.2. The molecule has 0 saturated carbocycles. The molecule has 19 heavy (non-hydrogen) atoms. The Morgan fingerprint density at radius 1 is 1.21 bits per heavy atom. The van der Waals surface area contributed by atoms with Gasteiger partial charge < -0.3 is 20.5 Å². The van der Waals surface area contributed by atoms with Gasteiger partial charge in [0.2, 0.25) is 5.91 Å². The van der Waals surface area contributed by atoms with Crippen molar-refractivity contribution in [1.29, 1.82) is 0 Å². The molecule has 0 fully saturated rings. The van der Waals surface area contributed by atoms with Crippen LogP contribution in [0.25, 0.3) is 0 Å². The number of amides is 2. The summed E-state index contributed by atoms with van der Waals surface area (Å²) in [5, 5.41) is 15.2. The van der Waals surface area contributed by atoms with Crippen LogP contribution in [-0.4, -0.2) is 24.1 Å². The second kappa shape index (κ2) is 6.78. The summed E-state index contributed by atoms with van der Waals surface area (Å²) in [6, 6.07) is 9.97. The molecule has 0 bridgehead atoms. The Kier molecular flexibility index (Phi) is 5.36. The number of aryl methyl sites for hydroxylation is 1. The maximum absolute atomic E-state index is 11.7. The lowest BCUT2D eigenvalue weighted by molar-refractivity contribution is -0.252. The lowest BCUT2D eigenvalue weighted by atomic mass is 10.0. The summed E-state index contributed by atoms with van der Waals surface area (Å²) in [7, 11) is 0. The van der Waals surface area contributed by atoms with Gasteiger partial charge in [-0.3, -0.25) is 4.79 Å². The molecule has 0 atom stereocenters. The fourth-order valence-electron chi connectivity index (χ4n) is 1.67. The van der Waals surface area contributed by atoms with E-state index in [4.69, 9.17) is 0 Å². The van der Waals surface area contributed by atoms with Gasteiger partial charge in [0, 0.05) is 6.54 Å². The smallest absolute Gasteiger partial charge is 0.245 e. The molecule has 0 saturated heterocycles. The van der Waals surface area contributed by atoms with Gasteiger partial charge in [0.05, 0.1) is 0 Å². The van der Waals surface area contributed by atoms with Crippen LogP contribution in [0.15, 0.2) is 30.3 Å². The van der Waals surface area contributed by atoms with Crippen LogP contribution in [0.5, 0.6) is 0 Å². The highest BCUT2D eigenvalue weighted by Gasteiger charge is 2.26. The summed E-state index contributed by atoms with van der Waals surface area (Å²) in [5.74, 6) is -0.357. The Labute approximate surface area is 113 Å². The van der Waals surface area contributed by atoms with E-state index in [-0.39, 0.29) is 5.91 Å². The largest absolute Gasteiger partial charge is 0.530 e. The van der Waals surface area contributed by atoms with Gasteiger partial charge in [-0.05, 0) is 32.3 Å². The second-order valence-electron chi connectivity index (χ2n) is 4.88. The van der Waals surface area contributed by atoms with Crippen molar-refractivity contribution in [3.8, 4) is 0 Å². The molecule has 0 heterocycles. The average molecular weight is 263 g/mol. The van der Waals surface area contributed by atoms with E-state index in [0.717, 1.165) is 12.8 Å². The highest BCUT2D eigenvalue weighted by atomic mass is 16.4. The Morgan fingerprint density at radius 3 is 2.42 bits per heavy atom. The molecule has 0 aliphatic heterocycles. The van der Waals surface area contributed by atoms with Crippen LogP contribution in [0, 0.1) is 0 Å². The molecule has 5 nitrogen and oxygen atoms in total. The van der Waals surface area contributed by atoms with Crippen LogP contribution in [0.3, 0.4) is 0 Å². The summed E-state index contributed by atoms with van der Waals surface area (Å²) in [6.07, 6.45) is 0.219. The first-order valence-electron chi connectivity index (χ1n) is 6.23. The molecule has 2 amide bonds. The number of rotatable bonds is 6. The average Bonchev–Trinajstić information content (AvgIpc) is 2.34. The summed E-state index contributed by atoms with van der Waals surface area (Å²) in [4.78, 5) is 22.2. The zero-order chi connectivity index (χ0) is 14.3. The highest BCUT2D eigenvalue weighted by Crippen LogP contribution is 2.03. The molecule has 104 valence electrons. The molecule has 0 aromatic heterocycles. The van der Waals surface area contributed by atoms with Gasteiger partial charge in [-0.1, -0.05) is 30.3 Å². The maximum Gasteiger partial charge on any atom is 0.245 e. The third-order valence-electron chi connectivity index (χ3n) is 2.75. The SMILES string of the molecule is CC(C)(NC(=O)[O-])C(=O)NCCCc1ccccc1. The van der Waals surface area contributed by atoms with E-state index in [2.05, 4.69) is 10.6 Å². The maximum atomic E-state index is 11.7. The van der Waals surface area contributed by atoms with Gasteiger partial charge in [0.1, 0.15) is 11.6 Å². The summed E-state index contributed by atoms with van der Waals surface area (Å²) in [5.41, 5.74) is 0.0369. The number of carboxylic acid groups (broad SMARTS) is 1. The van der Waals surface area contributed by atoms with E-state index >= 15 is 0 Å². The number of hydrogen-bond acceptors (Lipinski definition) is 3. The van der Waals surface area contributed by atoms with E-state index in [0.29, 0.717) is 6.54 Å². The summed E-state index contributed by atoms with van der Waals surface area (Å²) >= 11 is 0. The molecule has 1 aromatic rings. The lowest BCUT2D eigenvalue weighted by Crippen LogP contribution is -2.57. The minimum Gasteiger partial charge on any atom is -0.530 e. The van der Waals surface area contributed by atoms with Gasteiger partial charge in [-0.25, -0.2) is 0 Å². The van der Waals surface area contributed by atoms with Crippen molar-refractivity contribution in [2.24, 2.45) is 0 Å². The summed E-state index contributed by atoms with van der Waals surface area (Å²) in [6.45, 7) is 3.50. The Bertz CT molecular complexity index is 430. The van der Waals surface area contributed by atoms with Gasteiger partial charge in [-0.2, -0.15) is 0 Å².